The molecule has 1 atom stereocenters. The predicted molar refractivity (Wildman–Crippen MR) is 97.6 cm³/mol. The summed E-state index contributed by atoms with van der Waals surface area (Å²) in [5, 5.41) is -0.0535. The monoisotopic (exact) mass is 383 g/mol. The summed E-state index contributed by atoms with van der Waals surface area (Å²) in [5.74, 6) is -0.327. The van der Waals surface area contributed by atoms with Crippen molar-refractivity contribution in [1.82, 2.24) is 0 Å². The summed E-state index contributed by atoms with van der Waals surface area (Å²) in [4.78, 5) is 25.9. The van der Waals surface area contributed by atoms with Crippen molar-refractivity contribution < 1.29 is 22.7 Å². The maximum absolute atomic E-state index is 12.4. The van der Waals surface area contributed by atoms with Crippen LogP contribution in [0.4, 0.5) is 5.69 Å². The Morgan fingerprint density at radius 3 is 2.84 bits per heavy atom. The van der Waals surface area contributed by atoms with Crippen LogP contribution in [0, 0.1) is 0 Å². The molecule has 1 aromatic carbocycles. The van der Waals surface area contributed by atoms with Crippen LogP contribution >= 0.6 is 11.8 Å². The number of carbonyl (C=O) groups excluding carboxylic acids is 2. The number of hydrogen-bond donors (Lipinski definition) is 0. The third-order valence-electron chi connectivity index (χ3n) is 4.40. The quantitative estimate of drug-likeness (QED) is 0.716. The second kappa shape index (κ2) is 7.78. The van der Waals surface area contributed by atoms with E-state index in [9.17, 15) is 18.0 Å². The molecule has 1 amide bonds. The Bertz CT molecular complexity index is 762. The van der Waals surface area contributed by atoms with Gasteiger partial charge in [-0.05, 0) is 30.9 Å². The molecular weight excluding hydrogens is 362 g/mol. The molecule has 3 rings (SSSR count). The Balaban J connectivity index is 1.46. The van der Waals surface area contributed by atoms with Gasteiger partial charge in [-0.15, -0.1) is 11.8 Å². The summed E-state index contributed by atoms with van der Waals surface area (Å²) >= 11 is 1.29. The van der Waals surface area contributed by atoms with Gasteiger partial charge in [0.1, 0.15) is 0 Å². The predicted octanol–water partition coefficient (Wildman–Crippen LogP) is 1.43. The molecule has 0 N–H and O–H groups in total. The molecule has 2 heterocycles. The number of rotatable bonds is 5. The highest BCUT2D eigenvalue weighted by atomic mass is 32.2. The first-order valence-electron chi connectivity index (χ1n) is 8.30. The SMILES string of the molecule is O=C(CS[C@@H]1CCS(=O)(=O)C1)OCC(=O)N1CCCc2ccccc21. The van der Waals surface area contributed by atoms with Crippen LogP contribution in [0.25, 0.3) is 0 Å². The Labute approximate surface area is 151 Å². The minimum Gasteiger partial charge on any atom is -0.455 e. The number of fused-ring (bicyclic) bond motifs is 1. The van der Waals surface area contributed by atoms with E-state index < -0.39 is 15.8 Å². The molecule has 0 aliphatic carbocycles. The standard InChI is InChI=1S/C17H21NO5S2/c19-16(18-8-3-5-13-4-1-2-6-15(13)18)10-23-17(20)11-24-14-7-9-25(21,22)12-14/h1-2,4,6,14H,3,5,7-12H2/t14-/m1/s1. The third kappa shape index (κ3) is 4.76. The first-order valence-corrected chi connectivity index (χ1v) is 11.2. The number of benzene rings is 1. The fourth-order valence-corrected chi connectivity index (χ4v) is 6.57. The lowest BCUT2D eigenvalue weighted by Gasteiger charge is -2.29. The van der Waals surface area contributed by atoms with Crippen LogP contribution < -0.4 is 4.90 Å². The molecular formula is C17H21NO5S2. The van der Waals surface area contributed by atoms with E-state index in [2.05, 4.69) is 0 Å². The molecule has 136 valence electrons. The van der Waals surface area contributed by atoms with Crippen molar-refractivity contribution in [3.63, 3.8) is 0 Å². The molecule has 0 spiro atoms. The van der Waals surface area contributed by atoms with Crippen molar-refractivity contribution in [1.29, 1.82) is 0 Å². The van der Waals surface area contributed by atoms with E-state index in [4.69, 9.17) is 4.74 Å². The lowest BCUT2D eigenvalue weighted by Crippen LogP contribution is -2.38. The average Bonchev–Trinajstić information content (AvgIpc) is 2.96. The van der Waals surface area contributed by atoms with Crippen LogP contribution in [0.2, 0.25) is 0 Å². The van der Waals surface area contributed by atoms with Gasteiger partial charge in [0.25, 0.3) is 5.91 Å². The zero-order valence-electron chi connectivity index (χ0n) is 13.8. The molecule has 0 aromatic heterocycles. The van der Waals surface area contributed by atoms with Crippen molar-refractivity contribution in [3.05, 3.63) is 29.8 Å². The molecule has 6 nitrogen and oxygen atoms in total. The van der Waals surface area contributed by atoms with Gasteiger partial charge in [-0.25, -0.2) is 8.42 Å². The summed E-state index contributed by atoms with van der Waals surface area (Å²) in [6.45, 7) is 0.346. The molecule has 0 radical (unpaired) electrons. The van der Waals surface area contributed by atoms with Crippen LogP contribution in [0.1, 0.15) is 18.4 Å². The van der Waals surface area contributed by atoms with E-state index >= 15 is 0 Å². The molecule has 25 heavy (non-hydrogen) atoms. The highest BCUT2D eigenvalue weighted by molar-refractivity contribution is 8.02. The van der Waals surface area contributed by atoms with Crippen LogP contribution in [0.5, 0.6) is 0 Å². The molecule has 0 saturated carbocycles. The molecule has 2 aliphatic rings. The fraction of sp³-hybridized carbons (Fsp3) is 0.529. The topological polar surface area (TPSA) is 80.7 Å². The fourth-order valence-electron chi connectivity index (χ4n) is 3.13. The van der Waals surface area contributed by atoms with Crippen LogP contribution in [0.15, 0.2) is 24.3 Å². The number of anilines is 1. The first kappa shape index (κ1) is 18.3. The van der Waals surface area contributed by atoms with Crippen LogP contribution in [-0.4, -0.2) is 56.0 Å². The Morgan fingerprint density at radius 2 is 2.08 bits per heavy atom. The zero-order chi connectivity index (χ0) is 17.9. The maximum atomic E-state index is 12.4. The molecule has 1 fully saturated rings. The number of esters is 1. The zero-order valence-corrected chi connectivity index (χ0v) is 15.5. The van der Waals surface area contributed by atoms with E-state index in [1.807, 2.05) is 24.3 Å². The summed E-state index contributed by atoms with van der Waals surface area (Å²) < 4.78 is 27.9. The summed E-state index contributed by atoms with van der Waals surface area (Å²) in [5.41, 5.74) is 2.02. The summed E-state index contributed by atoms with van der Waals surface area (Å²) in [7, 11) is -2.95. The number of aryl methyl sites for hydroxylation is 1. The highest BCUT2D eigenvalue weighted by Gasteiger charge is 2.29. The van der Waals surface area contributed by atoms with Gasteiger partial charge in [0.2, 0.25) is 0 Å². The second-order valence-corrected chi connectivity index (χ2v) is 9.79. The van der Waals surface area contributed by atoms with Crippen molar-refractivity contribution in [2.24, 2.45) is 0 Å². The van der Waals surface area contributed by atoms with Gasteiger partial charge in [0, 0.05) is 17.5 Å². The number of sulfone groups is 1. The molecule has 1 aromatic rings. The molecule has 0 unspecified atom stereocenters. The Morgan fingerprint density at radius 1 is 1.28 bits per heavy atom. The van der Waals surface area contributed by atoms with Gasteiger partial charge in [0.05, 0.1) is 17.3 Å². The van der Waals surface area contributed by atoms with Gasteiger partial charge in [-0.3, -0.25) is 9.59 Å². The summed E-state index contributed by atoms with van der Waals surface area (Å²) in [6, 6.07) is 7.76. The number of carbonyl (C=O) groups is 2. The van der Waals surface area contributed by atoms with Crippen molar-refractivity contribution in [2.75, 3.05) is 35.3 Å². The molecule has 2 aliphatic heterocycles. The van der Waals surface area contributed by atoms with E-state index in [0.717, 1.165) is 24.1 Å². The second-order valence-electron chi connectivity index (χ2n) is 6.27. The Kier molecular flexibility index (Phi) is 5.68. The molecule has 1 saturated heterocycles. The lowest BCUT2D eigenvalue weighted by molar-refractivity contribution is -0.145. The van der Waals surface area contributed by atoms with Gasteiger partial charge in [0.15, 0.2) is 16.4 Å². The number of nitrogens with zero attached hydrogens (tertiary/aromatic N) is 1. The molecule has 8 heteroatoms. The van der Waals surface area contributed by atoms with Crippen molar-refractivity contribution >= 4 is 39.2 Å². The minimum atomic E-state index is -2.95. The average molecular weight is 383 g/mol. The van der Waals surface area contributed by atoms with Gasteiger partial charge in [-0.1, -0.05) is 18.2 Å². The summed E-state index contributed by atoms with van der Waals surface area (Å²) in [6.07, 6.45) is 2.41. The number of para-hydroxylation sites is 1. The smallest absolute Gasteiger partial charge is 0.316 e. The van der Waals surface area contributed by atoms with Crippen LogP contribution in [-0.2, 0) is 30.6 Å². The number of hydrogen-bond acceptors (Lipinski definition) is 6. The third-order valence-corrected chi connectivity index (χ3v) is 7.65. The number of amides is 1. The van der Waals surface area contributed by atoms with E-state index in [-0.39, 0.29) is 35.0 Å². The van der Waals surface area contributed by atoms with Gasteiger partial charge < -0.3 is 9.64 Å². The normalized spacial score (nSPS) is 21.6. The highest BCUT2D eigenvalue weighted by Crippen LogP contribution is 2.27. The minimum absolute atomic E-state index is 0.0535. The largest absolute Gasteiger partial charge is 0.455 e. The van der Waals surface area contributed by atoms with E-state index in [1.165, 1.54) is 11.8 Å². The maximum Gasteiger partial charge on any atom is 0.316 e. The number of ether oxygens (including phenoxy) is 1. The van der Waals surface area contributed by atoms with Gasteiger partial charge in [-0.2, -0.15) is 0 Å². The van der Waals surface area contributed by atoms with Gasteiger partial charge >= 0.3 is 5.97 Å². The van der Waals surface area contributed by atoms with Crippen molar-refractivity contribution in [2.45, 2.75) is 24.5 Å². The Hall–Kier alpha value is -1.54. The van der Waals surface area contributed by atoms with Crippen molar-refractivity contribution in [3.8, 4) is 0 Å². The first-order chi connectivity index (χ1) is 11.9. The number of thioether (sulfide) groups is 1. The lowest BCUT2D eigenvalue weighted by atomic mass is 10.0. The van der Waals surface area contributed by atoms with E-state index in [1.54, 1.807) is 4.90 Å². The molecule has 0 bridgehead atoms. The van der Waals surface area contributed by atoms with Crippen LogP contribution in [0.3, 0.4) is 0 Å². The van der Waals surface area contributed by atoms with E-state index in [0.29, 0.717) is 13.0 Å².